The molecule has 1 saturated carbocycles. The van der Waals surface area contributed by atoms with Gasteiger partial charge in [-0.25, -0.2) is 0 Å². The van der Waals surface area contributed by atoms with Crippen molar-refractivity contribution < 1.29 is 4.79 Å². The molecule has 1 amide bonds. The van der Waals surface area contributed by atoms with Crippen molar-refractivity contribution in [2.24, 2.45) is 11.1 Å². The Bertz CT molecular complexity index is 503. The Morgan fingerprint density at radius 2 is 2.29 bits per heavy atom. The topological polar surface area (TPSA) is 78.9 Å². The molecular weight excluding hydrogens is 238 g/mol. The van der Waals surface area contributed by atoms with Gasteiger partial charge < -0.3 is 11.1 Å². The van der Waals surface area contributed by atoms with Gasteiger partial charge in [0.15, 0.2) is 0 Å². The average molecular weight is 250 g/mol. The molecule has 0 bridgehead atoms. The number of carbonyl (C=O) groups is 1. The molecule has 2 rings (SSSR count). The Morgan fingerprint density at radius 1 is 1.59 bits per heavy atom. The Labute approximate surface area is 104 Å². The summed E-state index contributed by atoms with van der Waals surface area (Å²) >= 11 is 5.84. The summed E-state index contributed by atoms with van der Waals surface area (Å²) in [7, 11) is 0. The Balaban J connectivity index is 2.22. The minimum absolute atomic E-state index is 0.126. The molecule has 88 valence electrons. The zero-order valence-corrected chi connectivity index (χ0v) is 9.92. The van der Waals surface area contributed by atoms with E-state index in [4.69, 9.17) is 22.6 Å². The van der Waals surface area contributed by atoms with E-state index in [1.165, 1.54) is 0 Å². The largest absolute Gasteiger partial charge is 0.329 e. The molecular formula is C12H12ClN3O. The maximum absolute atomic E-state index is 12.0. The van der Waals surface area contributed by atoms with E-state index in [9.17, 15) is 4.79 Å². The standard InChI is InChI=1S/C12H12ClN3O/c13-9-2-1-8(6-14)10(5-9)16-11(17)12(7-15)3-4-12/h1-2,5H,3-4,7,15H2,(H,16,17). The number of nitrogens with one attached hydrogen (secondary N) is 1. The lowest BCUT2D eigenvalue weighted by molar-refractivity contribution is -0.120. The van der Waals surface area contributed by atoms with E-state index in [2.05, 4.69) is 5.32 Å². The average Bonchev–Trinajstić information content (AvgIpc) is 3.10. The number of nitrogens with two attached hydrogens (primary N) is 1. The van der Waals surface area contributed by atoms with Crippen LogP contribution in [-0.2, 0) is 4.79 Å². The quantitative estimate of drug-likeness (QED) is 0.859. The first-order valence-electron chi connectivity index (χ1n) is 5.32. The van der Waals surface area contributed by atoms with Crippen LogP contribution in [0.25, 0.3) is 0 Å². The monoisotopic (exact) mass is 249 g/mol. The van der Waals surface area contributed by atoms with Gasteiger partial charge in [-0.1, -0.05) is 11.6 Å². The lowest BCUT2D eigenvalue weighted by Crippen LogP contribution is -2.31. The Hall–Kier alpha value is -1.57. The SMILES string of the molecule is N#Cc1ccc(Cl)cc1NC(=O)C1(CN)CC1. The summed E-state index contributed by atoms with van der Waals surface area (Å²) in [5.74, 6) is -0.126. The zero-order chi connectivity index (χ0) is 12.5. The van der Waals surface area contributed by atoms with Gasteiger partial charge in [0.25, 0.3) is 0 Å². The number of nitrogens with zero attached hydrogens (tertiary/aromatic N) is 1. The summed E-state index contributed by atoms with van der Waals surface area (Å²) in [6.07, 6.45) is 1.61. The normalized spacial score (nSPS) is 16.1. The molecule has 0 radical (unpaired) electrons. The van der Waals surface area contributed by atoms with Crippen molar-refractivity contribution in [2.45, 2.75) is 12.8 Å². The Morgan fingerprint density at radius 3 is 2.82 bits per heavy atom. The van der Waals surface area contributed by atoms with Crippen LogP contribution in [0.15, 0.2) is 18.2 Å². The van der Waals surface area contributed by atoms with Crippen LogP contribution in [0.1, 0.15) is 18.4 Å². The van der Waals surface area contributed by atoms with Gasteiger partial charge in [0.2, 0.25) is 5.91 Å². The lowest BCUT2D eigenvalue weighted by atomic mass is 10.1. The third kappa shape index (κ3) is 2.26. The minimum Gasteiger partial charge on any atom is -0.329 e. The van der Waals surface area contributed by atoms with E-state index in [1.54, 1.807) is 18.2 Å². The van der Waals surface area contributed by atoms with Crippen molar-refractivity contribution in [1.29, 1.82) is 5.26 Å². The first-order chi connectivity index (χ1) is 8.11. The number of benzene rings is 1. The number of hydrogen-bond donors (Lipinski definition) is 2. The highest BCUT2D eigenvalue weighted by Gasteiger charge is 2.48. The maximum Gasteiger partial charge on any atom is 0.231 e. The second-order valence-corrected chi connectivity index (χ2v) is 4.68. The number of anilines is 1. The number of carbonyl (C=O) groups excluding carboxylic acids is 1. The molecule has 1 aromatic rings. The molecule has 0 unspecified atom stereocenters. The highest BCUT2D eigenvalue weighted by atomic mass is 35.5. The molecule has 0 heterocycles. The molecule has 17 heavy (non-hydrogen) atoms. The number of halogens is 1. The van der Waals surface area contributed by atoms with Gasteiger partial charge in [0, 0.05) is 11.6 Å². The van der Waals surface area contributed by atoms with Crippen molar-refractivity contribution in [3.8, 4) is 6.07 Å². The fourth-order valence-electron chi connectivity index (χ4n) is 1.65. The molecule has 0 atom stereocenters. The van der Waals surface area contributed by atoms with E-state index < -0.39 is 5.41 Å². The molecule has 1 aliphatic carbocycles. The van der Waals surface area contributed by atoms with Crippen LogP contribution >= 0.6 is 11.6 Å². The highest BCUT2D eigenvalue weighted by Crippen LogP contribution is 2.45. The van der Waals surface area contributed by atoms with Crippen LogP contribution in [0.4, 0.5) is 5.69 Å². The molecule has 0 aliphatic heterocycles. The number of nitriles is 1. The summed E-state index contributed by atoms with van der Waals surface area (Å²) in [6, 6.07) is 6.79. The maximum atomic E-state index is 12.0. The predicted molar refractivity (Wildman–Crippen MR) is 65.5 cm³/mol. The van der Waals surface area contributed by atoms with Gasteiger partial charge in [0.05, 0.1) is 16.7 Å². The number of rotatable bonds is 3. The van der Waals surface area contributed by atoms with Crippen molar-refractivity contribution in [3.05, 3.63) is 28.8 Å². The van der Waals surface area contributed by atoms with Crippen LogP contribution < -0.4 is 11.1 Å². The Kier molecular flexibility index (Phi) is 3.05. The van der Waals surface area contributed by atoms with E-state index in [1.807, 2.05) is 6.07 Å². The van der Waals surface area contributed by atoms with Gasteiger partial charge in [-0.2, -0.15) is 5.26 Å². The summed E-state index contributed by atoms with van der Waals surface area (Å²) < 4.78 is 0. The van der Waals surface area contributed by atoms with Crippen LogP contribution in [0.3, 0.4) is 0 Å². The smallest absolute Gasteiger partial charge is 0.231 e. The van der Waals surface area contributed by atoms with Gasteiger partial charge in [-0.05, 0) is 31.0 Å². The third-order valence-corrected chi connectivity index (χ3v) is 3.31. The van der Waals surface area contributed by atoms with Gasteiger partial charge in [0.1, 0.15) is 6.07 Å². The number of amides is 1. The van der Waals surface area contributed by atoms with Crippen LogP contribution in [-0.4, -0.2) is 12.5 Å². The van der Waals surface area contributed by atoms with Crippen LogP contribution in [0, 0.1) is 16.7 Å². The van der Waals surface area contributed by atoms with Gasteiger partial charge >= 0.3 is 0 Å². The summed E-state index contributed by atoms with van der Waals surface area (Å²) in [6.45, 7) is 0.335. The fraction of sp³-hybridized carbons (Fsp3) is 0.333. The van der Waals surface area contributed by atoms with E-state index in [0.717, 1.165) is 12.8 Å². The lowest BCUT2D eigenvalue weighted by Gasteiger charge is -2.13. The highest BCUT2D eigenvalue weighted by molar-refractivity contribution is 6.31. The third-order valence-electron chi connectivity index (χ3n) is 3.08. The van der Waals surface area contributed by atoms with Crippen molar-refractivity contribution in [2.75, 3.05) is 11.9 Å². The summed E-state index contributed by atoms with van der Waals surface area (Å²) in [5.41, 5.74) is 5.98. The van der Waals surface area contributed by atoms with E-state index in [0.29, 0.717) is 22.8 Å². The van der Waals surface area contributed by atoms with E-state index >= 15 is 0 Å². The van der Waals surface area contributed by atoms with E-state index in [-0.39, 0.29) is 5.91 Å². The van der Waals surface area contributed by atoms with Crippen molar-refractivity contribution in [1.82, 2.24) is 0 Å². The number of hydrogen-bond acceptors (Lipinski definition) is 3. The molecule has 0 spiro atoms. The molecule has 3 N–H and O–H groups in total. The molecule has 0 saturated heterocycles. The van der Waals surface area contributed by atoms with Gasteiger partial charge in [-0.15, -0.1) is 0 Å². The van der Waals surface area contributed by atoms with Crippen LogP contribution in [0.2, 0.25) is 5.02 Å². The molecule has 0 aromatic heterocycles. The van der Waals surface area contributed by atoms with Crippen LogP contribution in [0.5, 0.6) is 0 Å². The first-order valence-corrected chi connectivity index (χ1v) is 5.70. The minimum atomic E-state index is -0.435. The second-order valence-electron chi connectivity index (χ2n) is 4.24. The summed E-state index contributed by atoms with van der Waals surface area (Å²) in [5, 5.41) is 12.1. The fourth-order valence-corrected chi connectivity index (χ4v) is 1.82. The van der Waals surface area contributed by atoms with Gasteiger partial charge in [-0.3, -0.25) is 4.79 Å². The molecule has 1 fully saturated rings. The van der Waals surface area contributed by atoms with Crippen molar-refractivity contribution >= 4 is 23.2 Å². The molecule has 5 heteroatoms. The zero-order valence-electron chi connectivity index (χ0n) is 9.16. The molecule has 4 nitrogen and oxygen atoms in total. The molecule has 1 aromatic carbocycles. The second kappa shape index (κ2) is 4.36. The van der Waals surface area contributed by atoms with Crippen molar-refractivity contribution in [3.63, 3.8) is 0 Å². The summed E-state index contributed by atoms with van der Waals surface area (Å²) in [4.78, 5) is 12.0. The molecule has 1 aliphatic rings. The first kappa shape index (κ1) is 11.9. The predicted octanol–water partition coefficient (Wildman–Crippen LogP) is 1.89.